The summed E-state index contributed by atoms with van der Waals surface area (Å²) in [6, 6.07) is 5.95. The molecule has 0 saturated carbocycles. The summed E-state index contributed by atoms with van der Waals surface area (Å²) >= 11 is 5.97. The van der Waals surface area contributed by atoms with E-state index in [1.54, 1.807) is 0 Å². The number of nitrogens with one attached hydrogen (secondary N) is 1. The van der Waals surface area contributed by atoms with Crippen LogP contribution in [0, 0.1) is 0 Å². The molecule has 0 amide bonds. The quantitative estimate of drug-likeness (QED) is 0.851. The van der Waals surface area contributed by atoms with E-state index in [0.717, 1.165) is 16.3 Å². The molecule has 1 aromatic carbocycles. The molecule has 0 saturated heterocycles. The van der Waals surface area contributed by atoms with Crippen LogP contribution in [0.2, 0.25) is 5.02 Å². The SMILES string of the molecule is CNC(C)c1cc(Cl)ccc1OC(C)C. The molecule has 15 heavy (non-hydrogen) atoms. The summed E-state index contributed by atoms with van der Waals surface area (Å²) in [5, 5.41) is 3.92. The lowest BCUT2D eigenvalue weighted by atomic mass is 10.1. The van der Waals surface area contributed by atoms with Crippen molar-refractivity contribution in [3.8, 4) is 5.75 Å². The molecule has 1 atom stereocenters. The van der Waals surface area contributed by atoms with E-state index in [2.05, 4.69) is 12.2 Å². The van der Waals surface area contributed by atoms with Gasteiger partial charge in [0.25, 0.3) is 0 Å². The van der Waals surface area contributed by atoms with Gasteiger partial charge in [0.2, 0.25) is 0 Å². The van der Waals surface area contributed by atoms with Crippen molar-refractivity contribution >= 4 is 11.6 Å². The largest absolute Gasteiger partial charge is 0.491 e. The van der Waals surface area contributed by atoms with Crippen LogP contribution >= 0.6 is 11.6 Å². The van der Waals surface area contributed by atoms with E-state index in [0.29, 0.717) is 0 Å². The summed E-state index contributed by atoms with van der Waals surface area (Å²) in [6.07, 6.45) is 0.175. The van der Waals surface area contributed by atoms with Gasteiger partial charge in [-0.25, -0.2) is 0 Å². The van der Waals surface area contributed by atoms with Crippen LogP contribution in [0.25, 0.3) is 0 Å². The smallest absolute Gasteiger partial charge is 0.124 e. The molecule has 0 fully saturated rings. The predicted molar refractivity (Wildman–Crippen MR) is 64.7 cm³/mol. The third kappa shape index (κ3) is 3.40. The Morgan fingerprint density at radius 2 is 1.93 bits per heavy atom. The van der Waals surface area contributed by atoms with Crippen LogP contribution in [0.5, 0.6) is 5.75 Å². The number of rotatable bonds is 4. The van der Waals surface area contributed by atoms with Crippen molar-refractivity contribution in [2.45, 2.75) is 32.9 Å². The van der Waals surface area contributed by atoms with Crippen LogP contribution in [0.3, 0.4) is 0 Å². The highest BCUT2D eigenvalue weighted by Crippen LogP contribution is 2.28. The van der Waals surface area contributed by atoms with Crippen LogP contribution in [-0.2, 0) is 0 Å². The maximum Gasteiger partial charge on any atom is 0.124 e. The molecule has 0 heterocycles. The molecule has 1 N–H and O–H groups in total. The van der Waals surface area contributed by atoms with Gasteiger partial charge in [0, 0.05) is 16.6 Å². The number of halogens is 1. The molecule has 2 nitrogen and oxygen atoms in total. The van der Waals surface area contributed by atoms with Gasteiger partial charge in [0.05, 0.1) is 6.10 Å². The van der Waals surface area contributed by atoms with Gasteiger partial charge in [-0.3, -0.25) is 0 Å². The van der Waals surface area contributed by atoms with Gasteiger partial charge in [-0.05, 0) is 46.0 Å². The summed E-state index contributed by atoms with van der Waals surface area (Å²) in [4.78, 5) is 0. The zero-order chi connectivity index (χ0) is 11.4. The Bertz CT molecular complexity index is 325. The Morgan fingerprint density at radius 3 is 2.47 bits per heavy atom. The van der Waals surface area contributed by atoms with Crippen LogP contribution in [0.4, 0.5) is 0 Å². The molecule has 0 bridgehead atoms. The molecule has 0 aliphatic rings. The number of hydrogen-bond donors (Lipinski definition) is 1. The van der Waals surface area contributed by atoms with Gasteiger partial charge in [0.15, 0.2) is 0 Å². The lowest BCUT2D eigenvalue weighted by Gasteiger charge is -2.18. The molecule has 3 heteroatoms. The Labute approximate surface area is 96.6 Å². The van der Waals surface area contributed by atoms with Crippen molar-refractivity contribution < 1.29 is 4.74 Å². The minimum Gasteiger partial charge on any atom is -0.491 e. The third-order valence-electron chi connectivity index (χ3n) is 2.23. The van der Waals surface area contributed by atoms with Crippen molar-refractivity contribution in [2.24, 2.45) is 0 Å². The average molecular weight is 228 g/mol. The maximum absolute atomic E-state index is 5.97. The van der Waals surface area contributed by atoms with Crippen molar-refractivity contribution in [1.82, 2.24) is 5.32 Å². The van der Waals surface area contributed by atoms with Gasteiger partial charge in [-0.1, -0.05) is 11.6 Å². The van der Waals surface area contributed by atoms with E-state index in [9.17, 15) is 0 Å². The van der Waals surface area contributed by atoms with Crippen LogP contribution < -0.4 is 10.1 Å². The number of hydrogen-bond acceptors (Lipinski definition) is 2. The Hall–Kier alpha value is -0.730. The van der Waals surface area contributed by atoms with Crippen molar-refractivity contribution in [3.05, 3.63) is 28.8 Å². The lowest BCUT2D eigenvalue weighted by molar-refractivity contribution is 0.238. The van der Waals surface area contributed by atoms with E-state index >= 15 is 0 Å². The second-order valence-corrected chi connectivity index (χ2v) is 4.30. The second kappa shape index (κ2) is 5.38. The molecule has 1 unspecified atom stereocenters. The van der Waals surface area contributed by atoms with E-state index in [4.69, 9.17) is 16.3 Å². The van der Waals surface area contributed by atoms with Gasteiger partial charge in [0.1, 0.15) is 5.75 Å². The predicted octanol–water partition coefficient (Wildman–Crippen LogP) is 3.41. The molecule has 1 rings (SSSR count). The standard InChI is InChI=1S/C12H18ClNO/c1-8(2)15-12-6-5-10(13)7-11(12)9(3)14-4/h5-9,14H,1-4H3. The molecule has 84 valence electrons. The Morgan fingerprint density at radius 1 is 1.27 bits per heavy atom. The second-order valence-electron chi connectivity index (χ2n) is 3.86. The molecular formula is C12H18ClNO. The van der Waals surface area contributed by atoms with Gasteiger partial charge in [-0.2, -0.15) is 0 Å². The minimum atomic E-state index is 0.175. The highest BCUT2D eigenvalue weighted by Gasteiger charge is 2.11. The number of ether oxygens (including phenoxy) is 1. The lowest BCUT2D eigenvalue weighted by Crippen LogP contribution is -2.15. The zero-order valence-electron chi connectivity index (χ0n) is 9.67. The summed E-state index contributed by atoms with van der Waals surface area (Å²) in [7, 11) is 1.92. The molecule has 0 aliphatic heterocycles. The number of benzene rings is 1. The first-order chi connectivity index (χ1) is 7.04. The molecule has 0 aliphatic carbocycles. The van der Waals surface area contributed by atoms with Crippen molar-refractivity contribution in [3.63, 3.8) is 0 Å². The first-order valence-corrected chi connectivity index (χ1v) is 5.55. The summed E-state index contributed by atoms with van der Waals surface area (Å²) in [6.45, 7) is 6.11. The fourth-order valence-corrected chi connectivity index (χ4v) is 1.56. The zero-order valence-corrected chi connectivity index (χ0v) is 10.4. The Kier molecular flexibility index (Phi) is 4.43. The molecular weight excluding hydrogens is 210 g/mol. The fourth-order valence-electron chi connectivity index (χ4n) is 1.37. The van der Waals surface area contributed by atoms with E-state index < -0.39 is 0 Å². The summed E-state index contributed by atoms with van der Waals surface area (Å²) in [5.41, 5.74) is 1.10. The Balaban J connectivity index is 3.02. The van der Waals surface area contributed by atoms with Crippen molar-refractivity contribution in [1.29, 1.82) is 0 Å². The highest BCUT2D eigenvalue weighted by atomic mass is 35.5. The highest BCUT2D eigenvalue weighted by molar-refractivity contribution is 6.30. The van der Waals surface area contributed by atoms with Gasteiger partial charge >= 0.3 is 0 Å². The van der Waals surface area contributed by atoms with Gasteiger partial charge < -0.3 is 10.1 Å². The third-order valence-corrected chi connectivity index (χ3v) is 2.47. The monoisotopic (exact) mass is 227 g/mol. The summed E-state index contributed by atoms with van der Waals surface area (Å²) in [5.74, 6) is 0.899. The van der Waals surface area contributed by atoms with Crippen LogP contribution in [0.1, 0.15) is 32.4 Å². The topological polar surface area (TPSA) is 21.3 Å². The molecule has 0 radical (unpaired) electrons. The first-order valence-electron chi connectivity index (χ1n) is 5.18. The summed E-state index contributed by atoms with van der Waals surface area (Å²) < 4.78 is 5.72. The minimum absolute atomic E-state index is 0.175. The van der Waals surface area contributed by atoms with Crippen molar-refractivity contribution in [2.75, 3.05) is 7.05 Å². The van der Waals surface area contributed by atoms with Gasteiger partial charge in [-0.15, -0.1) is 0 Å². The van der Waals surface area contributed by atoms with Crippen LogP contribution in [0.15, 0.2) is 18.2 Å². The first kappa shape index (κ1) is 12.3. The maximum atomic E-state index is 5.97. The van der Waals surface area contributed by atoms with Crippen LogP contribution in [-0.4, -0.2) is 13.2 Å². The van der Waals surface area contributed by atoms with E-state index in [-0.39, 0.29) is 12.1 Å². The molecule has 1 aromatic rings. The molecule has 0 spiro atoms. The van der Waals surface area contributed by atoms with E-state index in [1.165, 1.54) is 0 Å². The normalized spacial score (nSPS) is 12.9. The van der Waals surface area contributed by atoms with E-state index in [1.807, 2.05) is 39.1 Å². The fraction of sp³-hybridized carbons (Fsp3) is 0.500. The molecule has 0 aromatic heterocycles. The average Bonchev–Trinajstić information content (AvgIpc) is 2.19.